The molecule has 0 atom stereocenters. The van der Waals surface area contributed by atoms with Gasteiger partial charge in [-0.25, -0.2) is 4.79 Å². The fourth-order valence-corrected chi connectivity index (χ4v) is 2.23. The summed E-state index contributed by atoms with van der Waals surface area (Å²) in [5, 5.41) is 5.09. The lowest BCUT2D eigenvalue weighted by Gasteiger charge is -2.27. The number of hydrogen-bond donors (Lipinski definition) is 0. The van der Waals surface area contributed by atoms with Crippen LogP contribution in [0.3, 0.4) is 0 Å². The summed E-state index contributed by atoms with van der Waals surface area (Å²) in [6.45, 7) is 2.03. The summed E-state index contributed by atoms with van der Waals surface area (Å²) >= 11 is 0. The molecule has 1 saturated heterocycles. The maximum Gasteiger partial charge on any atom is 0.416 e. The zero-order valence-electron chi connectivity index (χ0n) is 13.9. The molecule has 0 amide bonds. The van der Waals surface area contributed by atoms with Crippen molar-refractivity contribution in [1.82, 2.24) is 5.01 Å². The number of ether oxygens (including phenoxy) is 2. The van der Waals surface area contributed by atoms with Gasteiger partial charge in [-0.1, -0.05) is 12.1 Å². The zero-order valence-corrected chi connectivity index (χ0v) is 13.9. The summed E-state index contributed by atoms with van der Waals surface area (Å²) in [5.41, 5.74) is -2.26. The maximum atomic E-state index is 14.6. The number of carbonyl (C=O) groups excluding carboxylic acids is 1. The van der Waals surface area contributed by atoms with Crippen molar-refractivity contribution in [1.29, 1.82) is 0 Å². The summed E-state index contributed by atoms with van der Waals surface area (Å²) in [6, 6.07) is 3.03. The van der Waals surface area contributed by atoms with Crippen LogP contribution in [0, 0.1) is 0 Å². The molecule has 2 rings (SSSR count). The lowest BCUT2D eigenvalue weighted by molar-refractivity contribution is -0.162. The van der Waals surface area contributed by atoms with Crippen molar-refractivity contribution in [2.24, 2.45) is 5.10 Å². The van der Waals surface area contributed by atoms with Crippen LogP contribution in [0.15, 0.2) is 29.4 Å². The van der Waals surface area contributed by atoms with Crippen LogP contribution in [-0.4, -0.2) is 55.5 Å². The largest absolute Gasteiger partial charge is 0.461 e. The number of alkyl halides is 5. The van der Waals surface area contributed by atoms with E-state index in [4.69, 9.17) is 4.74 Å². The minimum atomic E-state index is -4.61. The van der Waals surface area contributed by atoms with Crippen LogP contribution < -0.4 is 0 Å². The van der Waals surface area contributed by atoms with E-state index in [1.54, 1.807) is 0 Å². The van der Waals surface area contributed by atoms with Crippen molar-refractivity contribution in [3.05, 3.63) is 35.4 Å². The highest BCUT2D eigenvalue weighted by Gasteiger charge is 2.48. The monoisotopic (exact) mass is 380 g/mol. The van der Waals surface area contributed by atoms with Crippen molar-refractivity contribution in [2.45, 2.75) is 19.0 Å². The lowest BCUT2D eigenvalue weighted by Crippen LogP contribution is -2.43. The Balaban J connectivity index is 2.42. The third-order valence-corrected chi connectivity index (χ3v) is 3.54. The molecule has 5 nitrogen and oxygen atoms in total. The van der Waals surface area contributed by atoms with Gasteiger partial charge in [0.05, 0.1) is 38.5 Å². The van der Waals surface area contributed by atoms with Crippen LogP contribution in [0.5, 0.6) is 0 Å². The third kappa shape index (κ3) is 4.69. The van der Waals surface area contributed by atoms with Gasteiger partial charge in [-0.2, -0.15) is 27.1 Å². The first-order chi connectivity index (χ1) is 12.2. The van der Waals surface area contributed by atoms with Gasteiger partial charge >= 0.3 is 18.1 Å². The Hall–Kier alpha value is -2.23. The molecule has 26 heavy (non-hydrogen) atoms. The molecule has 1 aromatic rings. The summed E-state index contributed by atoms with van der Waals surface area (Å²) in [4.78, 5) is 11.7. The number of esters is 1. The molecule has 0 unspecified atom stereocenters. The van der Waals surface area contributed by atoms with Crippen LogP contribution >= 0.6 is 0 Å². The molecule has 0 aromatic heterocycles. The summed E-state index contributed by atoms with van der Waals surface area (Å²) < 4.78 is 76.6. The molecule has 0 aliphatic carbocycles. The molecule has 0 radical (unpaired) electrons. The van der Waals surface area contributed by atoms with E-state index in [9.17, 15) is 26.7 Å². The smallest absolute Gasteiger partial charge is 0.416 e. The van der Waals surface area contributed by atoms with Gasteiger partial charge in [0.25, 0.3) is 0 Å². The van der Waals surface area contributed by atoms with Gasteiger partial charge in [-0.15, -0.1) is 0 Å². The Bertz CT molecular complexity index is 653. The molecule has 1 heterocycles. The van der Waals surface area contributed by atoms with E-state index in [0.717, 1.165) is 12.1 Å². The Morgan fingerprint density at radius 2 is 1.73 bits per heavy atom. The topological polar surface area (TPSA) is 51.1 Å². The van der Waals surface area contributed by atoms with Gasteiger partial charge in [0, 0.05) is 5.56 Å². The average molecular weight is 380 g/mol. The second-order valence-corrected chi connectivity index (χ2v) is 5.38. The first-order valence-electron chi connectivity index (χ1n) is 7.80. The number of morpholine rings is 1. The first-order valence-corrected chi connectivity index (χ1v) is 7.80. The predicted octanol–water partition coefficient (Wildman–Crippen LogP) is 2.94. The van der Waals surface area contributed by atoms with E-state index in [2.05, 4.69) is 9.84 Å². The van der Waals surface area contributed by atoms with Gasteiger partial charge < -0.3 is 9.47 Å². The number of nitrogens with zero attached hydrogens (tertiary/aromatic N) is 2. The van der Waals surface area contributed by atoms with Crippen molar-refractivity contribution < 1.29 is 36.2 Å². The van der Waals surface area contributed by atoms with Crippen LogP contribution in [0.1, 0.15) is 18.1 Å². The molecule has 1 aliphatic heterocycles. The van der Waals surface area contributed by atoms with Crippen molar-refractivity contribution >= 4 is 11.7 Å². The predicted molar refractivity (Wildman–Crippen MR) is 82.0 cm³/mol. The van der Waals surface area contributed by atoms with E-state index >= 15 is 0 Å². The SMILES string of the molecule is CCOC(=O)C(F)(F)/C(=N/N1CCOCC1)c1ccc(C(F)(F)F)cc1. The Morgan fingerprint density at radius 3 is 2.23 bits per heavy atom. The molecule has 144 valence electrons. The quantitative estimate of drug-likeness (QED) is 0.448. The average Bonchev–Trinajstić information content (AvgIpc) is 2.60. The number of hydrazone groups is 1. The Labute approximate surface area is 146 Å². The highest BCUT2D eigenvalue weighted by Crippen LogP contribution is 2.31. The standard InChI is InChI=1S/C16H17F5N2O3/c1-2-26-14(24)15(17,18)13(22-23-7-9-25-10-8-23)11-3-5-12(6-4-11)16(19,20)21/h3-6H,2,7-10H2,1H3/b22-13+. The number of carbonyl (C=O) groups is 1. The minimum absolute atomic E-state index is 0.211. The lowest BCUT2D eigenvalue weighted by atomic mass is 10.0. The van der Waals surface area contributed by atoms with Crippen molar-refractivity contribution in [3.63, 3.8) is 0 Å². The molecule has 1 aliphatic rings. The van der Waals surface area contributed by atoms with Gasteiger partial charge in [0.1, 0.15) is 5.71 Å². The summed E-state index contributed by atoms with van der Waals surface area (Å²) in [7, 11) is 0. The second kappa shape index (κ2) is 7.98. The van der Waals surface area contributed by atoms with Crippen LogP contribution in [0.25, 0.3) is 0 Å². The number of hydrogen-bond acceptors (Lipinski definition) is 5. The van der Waals surface area contributed by atoms with Gasteiger partial charge in [0.15, 0.2) is 0 Å². The van der Waals surface area contributed by atoms with Crippen LogP contribution in [0.4, 0.5) is 22.0 Å². The number of halogens is 5. The molecule has 0 spiro atoms. The fraction of sp³-hybridized carbons (Fsp3) is 0.500. The molecule has 1 aromatic carbocycles. The summed E-state index contributed by atoms with van der Waals surface area (Å²) in [6.07, 6.45) is -4.61. The maximum absolute atomic E-state index is 14.6. The molecular weight excluding hydrogens is 363 g/mol. The van der Waals surface area contributed by atoms with Crippen molar-refractivity contribution in [2.75, 3.05) is 32.9 Å². The van der Waals surface area contributed by atoms with E-state index < -0.39 is 29.3 Å². The zero-order chi connectivity index (χ0) is 19.4. The van der Waals surface area contributed by atoms with E-state index in [1.165, 1.54) is 11.9 Å². The molecule has 0 saturated carbocycles. The Morgan fingerprint density at radius 1 is 1.15 bits per heavy atom. The molecule has 1 fully saturated rings. The van der Waals surface area contributed by atoms with E-state index in [1.807, 2.05) is 0 Å². The molecular formula is C16H17F5N2O3. The summed E-state index contributed by atoms with van der Waals surface area (Å²) in [5.74, 6) is -5.93. The fourth-order valence-electron chi connectivity index (χ4n) is 2.23. The normalized spacial score (nSPS) is 16.5. The minimum Gasteiger partial charge on any atom is -0.461 e. The second-order valence-electron chi connectivity index (χ2n) is 5.38. The van der Waals surface area contributed by atoms with Crippen LogP contribution in [0.2, 0.25) is 0 Å². The van der Waals surface area contributed by atoms with Gasteiger partial charge in [-0.05, 0) is 19.1 Å². The third-order valence-electron chi connectivity index (χ3n) is 3.54. The van der Waals surface area contributed by atoms with Crippen LogP contribution in [-0.2, 0) is 20.4 Å². The molecule has 0 N–H and O–H groups in total. The van der Waals surface area contributed by atoms with Crippen molar-refractivity contribution in [3.8, 4) is 0 Å². The number of benzene rings is 1. The highest BCUT2D eigenvalue weighted by atomic mass is 19.4. The molecule has 0 bridgehead atoms. The Kier molecular flexibility index (Phi) is 6.17. The van der Waals surface area contributed by atoms with E-state index in [0.29, 0.717) is 12.1 Å². The number of rotatable bonds is 5. The van der Waals surface area contributed by atoms with Gasteiger partial charge in [-0.3, -0.25) is 5.01 Å². The first kappa shape index (κ1) is 20.1. The van der Waals surface area contributed by atoms with Gasteiger partial charge in [0.2, 0.25) is 0 Å². The highest BCUT2D eigenvalue weighted by molar-refractivity contribution is 6.16. The van der Waals surface area contributed by atoms with E-state index in [-0.39, 0.29) is 38.5 Å². The molecule has 10 heteroatoms.